The third-order valence-electron chi connectivity index (χ3n) is 12.8. The number of aromatic nitrogens is 2. The Balaban J connectivity index is 1.01. The monoisotopic (exact) mass is 833 g/mol. The zero-order valence-corrected chi connectivity index (χ0v) is 35.6. The summed E-state index contributed by atoms with van der Waals surface area (Å²) >= 11 is 1.86. The Morgan fingerprint density at radius 2 is 0.703 bits per heavy atom. The van der Waals surface area contributed by atoms with E-state index in [1.165, 1.54) is 75.0 Å². The number of para-hydroxylation sites is 6. The number of fused-ring (bicyclic) bond motifs is 9. The fourth-order valence-electron chi connectivity index (χ4n) is 9.98. The van der Waals surface area contributed by atoms with Crippen LogP contribution in [0.15, 0.2) is 237 Å². The van der Waals surface area contributed by atoms with Crippen molar-refractivity contribution in [3.8, 4) is 33.6 Å². The standard InChI is InChI=1S/C60H39N3S/c1-3-17-44(18-4-1)61(45-19-5-2-6-20-45)48-36-42(40-16-15-21-46(35-40)62-55-26-11-7-22-49(55)50-23-8-12-27-56(50)62)34-43(37-48)41-30-32-59-53(38-41)54-39-47(31-33-60(54)64-59)63-57-28-13-9-24-51(57)52-25-10-14-29-58(52)63/h1-39H. The van der Waals surface area contributed by atoms with Gasteiger partial charge in [-0.25, -0.2) is 0 Å². The molecule has 300 valence electrons. The van der Waals surface area contributed by atoms with Gasteiger partial charge >= 0.3 is 0 Å². The smallest absolute Gasteiger partial charge is 0.0541 e. The van der Waals surface area contributed by atoms with Gasteiger partial charge in [0, 0.05) is 70.2 Å². The first-order valence-corrected chi connectivity index (χ1v) is 22.6. The maximum Gasteiger partial charge on any atom is 0.0541 e. The third-order valence-corrected chi connectivity index (χ3v) is 14.0. The van der Waals surface area contributed by atoms with Crippen LogP contribution in [-0.4, -0.2) is 9.13 Å². The van der Waals surface area contributed by atoms with Gasteiger partial charge in [-0.15, -0.1) is 11.3 Å². The molecule has 0 N–H and O–H groups in total. The summed E-state index contributed by atoms with van der Waals surface area (Å²) < 4.78 is 7.39. The largest absolute Gasteiger partial charge is 0.310 e. The number of rotatable bonds is 7. The van der Waals surface area contributed by atoms with Crippen LogP contribution in [0.1, 0.15) is 0 Å². The van der Waals surface area contributed by atoms with Crippen molar-refractivity contribution < 1.29 is 0 Å². The molecule has 0 aliphatic rings. The molecular weight excluding hydrogens is 795 g/mol. The van der Waals surface area contributed by atoms with Crippen LogP contribution in [0, 0.1) is 0 Å². The summed E-state index contributed by atoms with van der Waals surface area (Å²) in [5.41, 5.74) is 15.1. The zero-order chi connectivity index (χ0) is 42.1. The predicted octanol–water partition coefficient (Wildman–Crippen LogP) is 17.1. The minimum Gasteiger partial charge on any atom is -0.310 e. The van der Waals surface area contributed by atoms with Crippen LogP contribution in [0.4, 0.5) is 17.1 Å². The van der Waals surface area contributed by atoms with Gasteiger partial charge in [0.15, 0.2) is 0 Å². The third kappa shape index (κ3) is 5.88. The van der Waals surface area contributed by atoms with Gasteiger partial charge in [-0.1, -0.05) is 127 Å². The normalized spacial score (nSPS) is 11.8. The number of thiophene rings is 1. The summed E-state index contributed by atoms with van der Waals surface area (Å²) in [5.74, 6) is 0. The lowest BCUT2D eigenvalue weighted by molar-refractivity contribution is 1.18. The van der Waals surface area contributed by atoms with Crippen molar-refractivity contribution in [2.75, 3.05) is 4.90 Å². The van der Waals surface area contributed by atoms with E-state index in [4.69, 9.17) is 0 Å². The SMILES string of the molecule is c1ccc(N(c2ccccc2)c2cc(-c3cccc(-n4c5ccccc5c5ccccc54)c3)cc(-c3ccc4sc5ccc(-n6c7ccccc7c7ccccc76)cc5c4c3)c2)cc1. The molecule has 0 spiro atoms. The van der Waals surface area contributed by atoms with Crippen LogP contribution in [0.25, 0.3) is 97.4 Å². The molecule has 3 nitrogen and oxygen atoms in total. The maximum absolute atomic E-state index is 2.42. The molecule has 4 heteroatoms. The van der Waals surface area contributed by atoms with Crippen molar-refractivity contribution in [1.82, 2.24) is 9.13 Å². The Morgan fingerprint density at radius 3 is 1.23 bits per heavy atom. The van der Waals surface area contributed by atoms with Crippen LogP contribution >= 0.6 is 11.3 Å². The Morgan fingerprint density at radius 1 is 0.266 bits per heavy atom. The van der Waals surface area contributed by atoms with Crippen molar-refractivity contribution in [3.05, 3.63) is 237 Å². The highest BCUT2D eigenvalue weighted by Gasteiger charge is 2.19. The first kappa shape index (κ1) is 36.5. The predicted molar refractivity (Wildman–Crippen MR) is 274 cm³/mol. The summed E-state index contributed by atoms with van der Waals surface area (Å²) in [5, 5.41) is 7.59. The number of nitrogens with zero attached hydrogens (tertiary/aromatic N) is 3. The van der Waals surface area contributed by atoms with Gasteiger partial charge in [0.05, 0.1) is 22.1 Å². The molecule has 0 saturated carbocycles. The average Bonchev–Trinajstić information content (AvgIpc) is 4.02. The fourth-order valence-corrected chi connectivity index (χ4v) is 11.1. The summed E-state index contributed by atoms with van der Waals surface area (Å²) in [6.45, 7) is 0. The molecular formula is C60H39N3S. The van der Waals surface area contributed by atoms with Crippen LogP contribution in [0.2, 0.25) is 0 Å². The van der Waals surface area contributed by atoms with E-state index in [-0.39, 0.29) is 0 Å². The van der Waals surface area contributed by atoms with Crippen molar-refractivity contribution in [2.24, 2.45) is 0 Å². The quantitative estimate of drug-likeness (QED) is 0.156. The van der Waals surface area contributed by atoms with E-state index in [2.05, 4.69) is 251 Å². The van der Waals surface area contributed by atoms with Gasteiger partial charge in [0.25, 0.3) is 0 Å². The van der Waals surface area contributed by atoms with Gasteiger partial charge < -0.3 is 14.0 Å². The summed E-state index contributed by atoms with van der Waals surface area (Å²) in [6, 6.07) is 86.5. The van der Waals surface area contributed by atoms with E-state index >= 15 is 0 Å². The molecule has 13 aromatic rings. The number of hydrogen-bond donors (Lipinski definition) is 0. The molecule has 0 aliphatic carbocycles. The number of benzene rings is 10. The Bertz CT molecular complexity index is 3770. The molecule has 0 aliphatic heterocycles. The molecule has 0 amide bonds. The lowest BCUT2D eigenvalue weighted by Crippen LogP contribution is -2.10. The highest BCUT2D eigenvalue weighted by molar-refractivity contribution is 7.25. The minimum atomic E-state index is 1.09. The molecule has 0 saturated heterocycles. The maximum atomic E-state index is 2.42. The van der Waals surface area contributed by atoms with E-state index in [1.807, 2.05) is 11.3 Å². The molecule has 0 unspecified atom stereocenters. The first-order chi connectivity index (χ1) is 31.7. The molecule has 0 atom stereocenters. The molecule has 0 bridgehead atoms. The average molecular weight is 834 g/mol. The summed E-state index contributed by atoms with van der Waals surface area (Å²) in [4.78, 5) is 2.38. The van der Waals surface area contributed by atoms with E-state index in [0.29, 0.717) is 0 Å². The number of hydrogen-bond acceptors (Lipinski definition) is 2. The van der Waals surface area contributed by atoms with E-state index < -0.39 is 0 Å². The highest BCUT2D eigenvalue weighted by Crippen LogP contribution is 2.43. The van der Waals surface area contributed by atoms with Gasteiger partial charge in [-0.2, -0.15) is 0 Å². The van der Waals surface area contributed by atoms with Crippen molar-refractivity contribution in [3.63, 3.8) is 0 Å². The summed E-state index contributed by atoms with van der Waals surface area (Å²) in [7, 11) is 0. The number of anilines is 3. The molecule has 0 radical (unpaired) electrons. The molecule has 64 heavy (non-hydrogen) atoms. The fraction of sp³-hybridized carbons (Fsp3) is 0. The van der Waals surface area contributed by atoms with Gasteiger partial charge in [0.1, 0.15) is 0 Å². The zero-order valence-electron chi connectivity index (χ0n) is 34.8. The van der Waals surface area contributed by atoms with Crippen LogP contribution in [-0.2, 0) is 0 Å². The second-order valence-electron chi connectivity index (χ2n) is 16.6. The lowest BCUT2D eigenvalue weighted by atomic mass is 9.96. The van der Waals surface area contributed by atoms with E-state index in [0.717, 1.165) is 39.4 Å². The van der Waals surface area contributed by atoms with Gasteiger partial charge in [-0.3, -0.25) is 0 Å². The molecule has 13 rings (SSSR count). The topological polar surface area (TPSA) is 13.1 Å². The molecule has 0 fully saturated rings. The minimum absolute atomic E-state index is 1.09. The Labute approximate surface area is 374 Å². The van der Waals surface area contributed by atoms with E-state index in [9.17, 15) is 0 Å². The Kier molecular flexibility index (Phi) is 8.40. The molecule has 3 aromatic heterocycles. The van der Waals surface area contributed by atoms with Crippen LogP contribution in [0.5, 0.6) is 0 Å². The van der Waals surface area contributed by atoms with Crippen molar-refractivity contribution in [2.45, 2.75) is 0 Å². The van der Waals surface area contributed by atoms with E-state index in [1.54, 1.807) is 0 Å². The van der Waals surface area contributed by atoms with Gasteiger partial charge in [0.2, 0.25) is 0 Å². The van der Waals surface area contributed by atoms with Crippen molar-refractivity contribution >= 4 is 92.2 Å². The first-order valence-electron chi connectivity index (χ1n) is 21.8. The second-order valence-corrected chi connectivity index (χ2v) is 17.6. The van der Waals surface area contributed by atoms with Gasteiger partial charge in [-0.05, 0) is 131 Å². The summed E-state index contributed by atoms with van der Waals surface area (Å²) in [6.07, 6.45) is 0. The van der Waals surface area contributed by atoms with Crippen LogP contribution in [0.3, 0.4) is 0 Å². The molecule has 10 aromatic carbocycles. The Hall–Kier alpha value is -8.18. The highest BCUT2D eigenvalue weighted by atomic mass is 32.1. The van der Waals surface area contributed by atoms with Crippen molar-refractivity contribution in [1.29, 1.82) is 0 Å². The molecule has 3 heterocycles. The lowest BCUT2D eigenvalue weighted by Gasteiger charge is -2.27. The van der Waals surface area contributed by atoms with Crippen LogP contribution < -0.4 is 4.90 Å². The second kappa shape index (κ2) is 14.7.